The first-order valence-corrected chi connectivity index (χ1v) is 32.2. The lowest BCUT2D eigenvalue weighted by molar-refractivity contribution is -0.396. The molecule has 12 nitrogen and oxygen atoms in total. The first-order chi connectivity index (χ1) is 45.0. The Morgan fingerprint density at radius 2 is 0.604 bits per heavy atom. The highest BCUT2D eigenvalue weighted by Gasteiger charge is 2.62. The Labute approximate surface area is 537 Å². The quantitative estimate of drug-likeness (QED) is 0.0546. The lowest BCUT2D eigenvalue weighted by Crippen LogP contribution is -2.65. The molecule has 3 saturated heterocycles. The monoisotopic (exact) mass is 1220 g/mol. The minimum atomic E-state index is -1.70. The topological polar surface area (TPSA) is 92.8 Å². The molecule has 12 heteroatoms. The summed E-state index contributed by atoms with van der Waals surface area (Å²) in [5.74, 6) is -1.70. The van der Waals surface area contributed by atoms with Gasteiger partial charge in [-0.2, -0.15) is 0 Å². The maximum Gasteiger partial charge on any atom is 0.224 e. The Morgan fingerprint density at radius 3 is 1.01 bits per heavy atom. The molecule has 4 bridgehead atoms. The molecule has 12 rings (SSSR count). The van der Waals surface area contributed by atoms with E-state index in [9.17, 15) is 0 Å². The lowest BCUT2D eigenvalue weighted by Gasteiger charge is -2.49. The van der Waals surface area contributed by atoms with E-state index in [1.54, 1.807) is 0 Å². The summed E-state index contributed by atoms with van der Waals surface area (Å²) in [5, 5.41) is 0. The fourth-order valence-electron chi connectivity index (χ4n) is 12.6. The van der Waals surface area contributed by atoms with Gasteiger partial charge < -0.3 is 42.6 Å². The largest absolute Gasteiger partial charge is 0.371 e. The predicted molar refractivity (Wildman–Crippen MR) is 354 cm³/mol. The van der Waals surface area contributed by atoms with Crippen LogP contribution in [0.2, 0.25) is 0 Å². The van der Waals surface area contributed by atoms with Gasteiger partial charge in [-0.05, 0) is 50.1 Å². The van der Waals surface area contributed by atoms with Crippen molar-refractivity contribution in [2.45, 2.75) is 114 Å². The molecule has 0 amide bonds. The number of nitrogens with zero attached hydrogens (tertiary/aromatic N) is 3. The van der Waals surface area contributed by atoms with Gasteiger partial charge in [0.1, 0.15) is 49.3 Å². The first kappa shape index (κ1) is 63.6. The van der Waals surface area contributed by atoms with E-state index in [1.807, 2.05) is 109 Å². The average Bonchev–Trinajstić information content (AvgIpc) is 1.79. The fourth-order valence-corrected chi connectivity index (χ4v) is 12.6. The molecule has 9 aromatic rings. The summed E-state index contributed by atoms with van der Waals surface area (Å²) in [6.07, 6.45) is -6.39. The van der Waals surface area contributed by atoms with Crippen LogP contribution in [0.4, 0.5) is 0 Å². The van der Waals surface area contributed by atoms with Crippen LogP contribution in [0.15, 0.2) is 273 Å². The van der Waals surface area contributed by atoms with Crippen molar-refractivity contribution in [1.82, 2.24) is 14.7 Å². The van der Waals surface area contributed by atoms with Crippen LogP contribution in [0.3, 0.4) is 0 Å². The van der Waals surface area contributed by atoms with Gasteiger partial charge in [-0.15, -0.1) is 0 Å². The summed E-state index contributed by atoms with van der Waals surface area (Å²) in [6.45, 7) is 7.46. The van der Waals surface area contributed by atoms with Crippen molar-refractivity contribution in [3.63, 3.8) is 0 Å². The molecular formula is C79H85N3O9. The van der Waals surface area contributed by atoms with Crippen LogP contribution in [0, 0.1) is 0 Å². The van der Waals surface area contributed by atoms with Gasteiger partial charge in [-0.3, -0.25) is 14.7 Å². The number of ether oxygens (including phenoxy) is 9. The van der Waals surface area contributed by atoms with Crippen LogP contribution in [-0.2, 0) is 102 Å². The summed E-state index contributed by atoms with van der Waals surface area (Å²) >= 11 is 0. The Kier molecular flexibility index (Phi) is 23.2. The Bertz CT molecular complexity index is 3460. The molecule has 0 radical (unpaired) electrons. The molecular weight excluding hydrogens is 1130 g/mol. The van der Waals surface area contributed by atoms with Gasteiger partial charge in [-0.25, -0.2) is 0 Å². The van der Waals surface area contributed by atoms with Crippen molar-refractivity contribution in [1.29, 1.82) is 0 Å². The summed E-state index contributed by atoms with van der Waals surface area (Å²) in [7, 11) is 0. The van der Waals surface area contributed by atoms with Gasteiger partial charge in [0.15, 0.2) is 6.29 Å². The van der Waals surface area contributed by atoms with Crippen LogP contribution >= 0.6 is 0 Å². The SMILES string of the molecule is c1ccc(COC[C@@]23O[C@H]4O[C@H](CN(Cc5ccccc5)CCN(Cc5ccccc5)CCN(Cc5ccccc5)C[C@@H](O2)[C@@H](OCc2ccccc2)[C@@H]3OCc2ccccc2)[C@@H](OCc2ccccc2)[C@H](OCc2ccccc2)[C@H]4OCc2ccccc2)cc1. The fraction of sp³-hybridized carbons (Fsp3) is 0.316. The molecule has 3 aliphatic heterocycles. The van der Waals surface area contributed by atoms with Crippen molar-refractivity contribution < 1.29 is 42.6 Å². The minimum absolute atomic E-state index is 0.0634. The standard InChI is InChI=1S/C79H85N3O9/c1-10-28-62(29-11-1)50-80-46-48-81(51-63-30-12-2-13-31-63)53-71-73(84-56-66-36-18-5-19-37-66)75(86-58-68-40-22-7-23-41-68)76(87-59-69-42-24-8-25-43-69)78(89-71)91-79(61-83-55-65-34-16-4-17-35-65)77(88-60-70-44-26-9-27-45-70)74(85-57-67-38-20-6-21-39-67)72(90-79)54-82(49-47-80)52-64-32-14-3-15-33-64/h1-45,71-78H,46-61H2/t71-,72-,73-,74-,75+,76-,77+,78-,79+/m1/s1. The third-order valence-electron chi connectivity index (χ3n) is 17.3. The van der Waals surface area contributed by atoms with E-state index in [2.05, 4.69) is 178 Å². The zero-order chi connectivity index (χ0) is 61.5. The zero-order valence-corrected chi connectivity index (χ0v) is 51.9. The zero-order valence-electron chi connectivity index (χ0n) is 51.9. The highest BCUT2D eigenvalue weighted by Crippen LogP contribution is 2.43. The summed E-state index contributed by atoms with van der Waals surface area (Å²) in [6, 6.07) is 93.9. The molecule has 91 heavy (non-hydrogen) atoms. The predicted octanol–water partition coefficient (Wildman–Crippen LogP) is 13.5. The summed E-state index contributed by atoms with van der Waals surface area (Å²) < 4.78 is 67.9. The van der Waals surface area contributed by atoms with Gasteiger partial charge in [-0.1, -0.05) is 273 Å². The van der Waals surface area contributed by atoms with Crippen molar-refractivity contribution in [2.75, 3.05) is 45.9 Å². The molecule has 9 atom stereocenters. The second-order valence-electron chi connectivity index (χ2n) is 24.1. The number of rotatable bonds is 25. The van der Waals surface area contributed by atoms with Gasteiger partial charge in [0.2, 0.25) is 5.79 Å². The van der Waals surface area contributed by atoms with E-state index in [0.717, 1.165) is 59.6 Å². The van der Waals surface area contributed by atoms with E-state index in [0.29, 0.717) is 45.9 Å². The smallest absolute Gasteiger partial charge is 0.224 e. The van der Waals surface area contributed by atoms with E-state index in [4.69, 9.17) is 42.6 Å². The third kappa shape index (κ3) is 18.4. The average molecular weight is 1220 g/mol. The van der Waals surface area contributed by atoms with Gasteiger partial charge in [0.25, 0.3) is 0 Å². The lowest BCUT2D eigenvalue weighted by atomic mass is 9.96. The van der Waals surface area contributed by atoms with E-state index in [-0.39, 0.29) is 33.0 Å². The second-order valence-corrected chi connectivity index (χ2v) is 24.1. The van der Waals surface area contributed by atoms with Crippen LogP contribution in [0.5, 0.6) is 0 Å². The number of benzene rings is 9. The van der Waals surface area contributed by atoms with E-state index < -0.39 is 54.8 Å². The maximum absolute atomic E-state index is 8.03. The third-order valence-corrected chi connectivity index (χ3v) is 17.3. The Balaban J connectivity index is 1.03. The van der Waals surface area contributed by atoms with Crippen LogP contribution in [-0.4, -0.2) is 115 Å². The molecule has 0 saturated carbocycles. The summed E-state index contributed by atoms with van der Waals surface area (Å²) in [4.78, 5) is 7.63. The highest BCUT2D eigenvalue weighted by molar-refractivity contribution is 5.22. The van der Waals surface area contributed by atoms with Crippen LogP contribution < -0.4 is 0 Å². The van der Waals surface area contributed by atoms with Crippen molar-refractivity contribution in [3.05, 3.63) is 323 Å². The van der Waals surface area contributed by atoms with Gasteiger partial charge >= 0.3 is 0 Å². The number of fused-ring (bicyclic) bond motifs is 4. The molecule has 0 aromatic heterocycles. The molecule has 3 aliphatic rings. The normalized spacial score (nSPS) is 23.6. The van der Waals surface area contributed by atoms with Crippen molar-refractivity contribution in [2.24, 2.45) is 0 Å². The molecule has 9 aromatic carbocycles. The minimum Gasteiger partial charge on any atom is -0.371 e. The number of hydrogen-bond donors (Lipinski definition) is 0. The summed E-state index contributed by atoms with van der Waals surface area (Å²) in [5.41, 5.74) is 9.64. The molecule has 0 N–H and O–H groups in total. The van der Waals surface area contributed by atoms with Crippen molar-refractivity contribution in [3.8, 4) is 0 Å². The number of hydrogen-bond acceptors (Lipinski definition) is 12. The van der Waals surface area contributed by atoms with Gasteiger partial charge in [0, 0.05) is 58.9 Å². The molecule has 0 spiro atoms. The van der Waals surface area contributed by atoms with E-state index in [1.165, 1.54) is 16.7 Å². The molecule has 470 valence electrons. The highest BCUT2D eigenvalue weighted by atomic mass is 16.8. The Hall–Kier alpha value is -7.50. The Morgan fingerprint density at radius 1 is 0.297 bits per heavy atom. The second kappa shape index (κ2) is 33.2. The molecule has 3 heterocycles. The molecule has 0 aliphatic carbocycles. The van der Waals surface area contributed by atoms with Crippen molar-refractivity contribution >= 4 is 0 Å². The van der Waals surface area contributed by atoms with E-state index >= 15 is 0 Å². The molecule has 0 unspecified atom stereocenters. The maximum atomic E-state index is 8.03. The van der Waals surface area contributed by atoms with Crippen LogP contribution in [0.1, 0.15) is 50.1 Å². The van der Waals surface area contributed by atoms with Gasteiger partial charge in [0.05, 0.1) is 39.6 Å². The van der Waals surface area contributed by atoms with Crippen LogP contribution in [0.25, 0.3) is 0 Å². The molecule has 3 fully saturated rings. The first-order valence-electron chi connectivity index (χ1n) is 32.2.